The highest BCUT2D eigenvalue weighted by atomic mass is 32.2. The molecule has 0 bridgehead atoms. The van der Waals surface area contributed by atoms with E-state index < -0.39 is 20.8 Å². The summed E-state index contributed by atoms with van der Waals surface area (Å²) in [4.78, 5) is 24.9. The molecule has 0 radical (unpaired) electrons. The number of nitro groups is 1. The first-order chi connectivity index (χ1) is 14.8. The maximum atomic E-state index is 13.4. The van der Waals surface area contributed by atoms with Crippen molar-refractivity contribution in [2.45, 2.75) is 23.8 Å². The van der Waals surface area contributed by atoms with Gasteiger partial charge in [0.05, 0.1) is 9.82 Å². The topological polar surface area (TPSA) is 113 Å². The van der Waals surface area contributed by atoms with E-state index in [4.69, 9.17) is 0 Å². The zero-order valence-corrected chi connectivity index (χ0v) is 17.3. The fraction of sp³-hybridized carbons (Fsp3) is 0.350. The molecule has 164 valence electrons. The molecule has 1 aliphatic carbocycles. The quantitative estimate of drug-likeness (QED) is 0.535. The molecule has 2 fully saturated rings. The summed E-state index contributed by atoms with van der Waals surface area (Å²) in [6.07, 6.45) is 1.82. The Labute approximate surface area is 178 Å². The van der Waals surface area contributed by atoms with Crippen molar-refractivity contribution in [2.24, 2.45) is 0 Å². The normalized spacial score (nSPS) is 17.4. The highest BCUT2D eigenvalue weighted by molar-refractivity contribution is 7.89. The SMILES string of the molecule is O=C(NC1CC1)c1ccc(N2CCN(S(=O)(=O)c3cccc(F)c3)CC2)c([N+](=O)[O-])c1. The van der Waals surface area contributed by atoms with Crippen molar-refractivity contribution in [3.8, 4) is 0 Å². The third-order valence-corrected chi connectivity index (χ3v) is 7.25. The van der Waals surface area contributed by atoms with E-state index in [1.54, 1.807) is 4.90 Å². The third-order valence-electron chi connectivity index (χ3n) is 5.36. The largest absolute Gasteiger partial charge is 0.363 e. The molecule has 1 saturated carbocycles. The Hall–Kier alpha value is -3.05. The van der Waals surface area contributed by atoms with E-state index in [9.17, 15) is 27.7 Å². The van der Waals surface area contributed by atoms with E-state index in [1.807, 2.05) is 0 Å². The van der Waals surface area contributed by atoms with Gasteiger partial charge in [-0.05, 0) is 43.2 Å². The smallest absolute Gasteiger partial charge is 0.293 e. The average molecular weight is 448 g/mol. The molecule has 0 atom stereocenters. The number of halogens is 1. The third kappa shape index (κ3) is 4.52. The van der Waals surface area contributed by atoms with Gasteiger partial charge in [-0.25, -0.2) is 12.8 Å². The van der Waals surface area contributed by atoms with Gasteiger partial charge in [-0.2, -0.15) is 4.31 Å². The second-order valence-corrected chi connectivity index (χ2v) is 9.49. The van der Waals surface area contributed by atoms with Gasteiger partial charge in [0, 0.05) is 43.9 Å². The molecule has 31 heavy (non-hydrogen) atoms. The van der Waals surface area contributed by atoms with Crippen LogP contribution >= 0.6 is 0 Å². The molecule has 0 spiro atoms. The summed E-state index contributed by atoms with van der Waals surface area (Å²) in [5.74, 6) is -0.982. The summed E-state index contributed by atoms with van der Waals surface area (Å²) < 4.78 is 40.2. The summed E-state index contributed by atoms with van der Waals surface area (Å²) in [5.41, 5.74) is 0.343. The molecule has 2 aliphatic rings. The zero-order valence-electron chi connectivity index (χ0n) is 16.5. The Bertz CT molecular complexity index is 1130. The highest BCUT2D eigenvalue weighted by Crippen LogP contribution is 2.31. The number of carbonyl (C=O) groups excluding carboxylic acids is 1. The average Bonchev–Trinajstić information content (AvgIpc) is 3.57. The standard InChI is InChI=1S/C20H21FN4O5S/c21-15-2-1-3-17(13-15)31(29,30)24-10-8-23(9-11-24)18-7-4-14(12-19(18)25(27)28)20(26)22-16-5-6-16/h1-4,7,12-13,16H,5-6,8-11H2,(H,22,26). The maximum Gasteiger partial charge on any atom is 0.293 e. The molecule has 9 nitrogen and oxygen atoms in total. The number of nitro benzene ring substituents is 1. The van der Waals surface area contributed by atoms with Crippen LogP contribution in [-0.4, -0.2) is 55.8 Å². The van der Waals surface area contributed by atoms with Crippen molar-refractivity contribution in [1.29, 1.82) is 0 Å². The van der Waals surface area contributed by atoms with Crippen LogP contribution in [0.2, 0.25) is 0 Å². The van der Waals surface area contributed by atoms with Crippen LogP contribution in [0.25, 0.3) is 0 Å². The first kappa shape index (κ1) is 21.2. The first-order valence-electron chi connectivity index (χ1n) is 9.85. The minimum atomic E-state index is -3.86. The van der Waals surface area contributed by atoms with Gasteiger partial charge in [0.15, 0.2) is 0 Å². The number of sulfonamides is 1. The molecule has 1 saturated heterocycles. The zero-order chi connectivity index (χ0) is 22.2. The predicted molar refractivity (Wildman–Crippen MR) is 111 cm³/mol. The summed E-state index contributed by atoms with van der Waals surface area (Å²) in [6, 6.07) is 9.27. The van der Waals surface area contributed by atoms with Gasteiger partial charge in [0.25, 0.3) is 11.6 Å². The molecule has 0 aromatic heterocycles. The lowest BCUT2D eigenvalue weighted by atomic mass is 10.1. The molecule has 1 amide bonds. The molecule has 4 rings (SSSR count). The Morgan fingerprint density at radius 2 is 1.81 bits per heavy atom. The number of carbonyl (C=O) groups is 1. The van der Waals surface area contributed by atoms with E-state index >= 15 is 0 Å². The van der Waals surface area contributed by atoms with Gasteiger partial charge in [-0.15, -0.1) is 0 Å². The molecule has 11 heteroatoms. The molecule has 1 heterocycles. The van der Waals surface area contributed by atoms with E-state index in [1.165, 1.54) is 40.7 Å². The fourth-order valence-corrected chi connectivity index (χ4v) is 4.97. The Balaban J connectivity index is 1.50. The Kier molecular flexibility index (Phi) is 5.63. The van der Waals surface area contributed by atoms with Crippen molar-refractivity contribution in [3.05, 3.63) is 64.0 Å². The molecular weight excluding hydrogens is 427 g/mol. The van der Waals surface area contributed by atoms with Gasteiger partial charge in [-0.3, -0.25) is 14.9 Å². The van der Waals surface area contributed by atoms with Crippen LogP contribution < -0.4 is 10.2 Å². The number of nitrogens with zero attached hydrogens (tertiary/aromatic N) is 3. The van der Waals surface area contributed by atoms with Crippen LogP contribution in [0, 0.1) is 15.9 Å². The summed E-state index contributed by atoms with van der Waals surface area (Å²) in [7, 11) is -3.86. The lowest BCUT2D eigenvalue weighted by Gasteiger charge is -2.35. The Morgan fingerprint density at radius 3 is 2.42 bits per heavy atom. The Morgan fingerprint density at radius 1 is 1.10 bits per heavy atom. The van der Waals surface area contributed by atoms with Crippen LogP contribution in [0.1, 0.15) is 23.2 Å². The molecule has 1 aliphatic heterocycles. The van der Waals surface area contributed by atoms with Crippen LogP contribution in [0.5, 0.6) is 0 Å². The lowest BCUT2D eigenvalue weighted by Crippen LogP contribution is -2.48. The number of hydrogen-bond donors (Lipinski definition) is 1. The van der Waals surface area contributed by atoms with Crippen molar-refractivity contribution in [2.75, 3.05) is 31.1 Å². The van der Waals surface area contributed by atoms with Gasteiger partial charge >= 0.3 is 0 Å². The molecule has 1 N–H and O–H groups in total. The number of amides is 1. The second-order valence-electron chi connectivity index (χ2n) is 7.56. The molecule has 0 unspecified atom stereocenters. The van der Waals surface area contributed by atoms with Gasteiger partial charge in [0.1, 0.15) is 11.5 Å². The van der Waals surface area contributed by atoms with Gasteiger partial charge < -0.3 is 10.2 Å². The van der Waals surface area contributed by atoms with Gasteiger partial charge in [-0.1, -0.05) is 6.07 Å². The molecule has 2 aromatic carbocycles. The second kappa shape index (κ2) is 8.23. The van der Waals surface area contributed by atoms with Crippen molar-refractivity contribution < 1.29 is 22.5 Å². The van der Waals surface area contributed by atoms with E-state index in [0.717, 1.165) is 18.9 Å². The number of piperazine rings is 1. The predicted octanol–water partition coefficient (Wildman–Crippen LogP) is 2.14. The van der Waals surface area contributed by atoms with Crippen LogP contribution in [0.15, 0.2) is 47.4 Å². The van der Waals surface area contributed by atoms with Crippen LogP contribution in [0.3, 0.4) is 0 Å². The fourth-order valence-electron chi connectivity index (χ4n) is 3.52. The summed E-state index contributed by atoms with van der Waals surface area (Å²) >= 11 is 0. The highest BCUT2D eigenvalue weighted by Gasteiger charge is 2.31. The number of rotatable bonds is 6. The van der Waals surface area contributed by atoms with E-state index in [-0.39, 0.29) is 54.3 Å². The molecule has 2 aromatic rings. The van der Waals surface area contributed by atoms with Crippen molar-refractivity contribution >= 4 is 27.3 Å². The minimum Gasteiger partial charge on any atom is -0.363 e. The minimum absolute atomic E-state index is 0.0971. The lowest BCUT2D eigenvalue weighted by molar-refractivity contribution is -0.384. The number of hydrogen-bond acceptors (Lipinski definition) is 6. The summed E-state index contributed by atoms with van der Waals surface area (Å²) in [6.45, 7) is 0.645. The van der Waals surface area contributed by atoms with Crippen molar-refractivity contribution in [3.63, 3.8) is 0 Å². The summed E-state index contributed by atoms with van der Waals surface area (Å²) in [5, 5.41) is 14.4. The van der Waals surface area contributed by atoms with Crippen molar-refractivity contribution in [1.82, 2.24) is 9.62 Å². The number of benzene rings is 2. The van der Waals surface area contributed by atoms with Crippen LogP contribution in [-0.2, 0) is 10.0 Å². The molecular formula is C20H21FN4O5S. The number of nitrogens with one attached hydrogen (secondary N) is 1. The van der Waals surface area contributed by atoms with E-state index in [2.05, 4.69) is 5.32 Å². The first-order valence-corrected chi connectivity index (χ1v) is 11.3. The van der Waals surface area contributed by atoms with E-state index in [0.29, 0.717) is 5.69 Å². The number of anilines is 1. The monoisotopic (exact) mass is 448 g/mol. The van der Waals surface area contributed by atoms with Gasteiger partial charge in [0.2, 0.25) is 10.0 Å². The van der Waals surface area contributed by atoms with Crippen LogP contribution in [0.4, 0.5) is 15.8 Å². The maximum absolute atomic E-state index is 13.4.